The van der Waals surface area contributed by atoms with Crippen LogP contribution >= 0.6 is 24.8 Å². The molecule has 2 heterocycles. The molecule has 7 heteroatoms. The number of carbonyl (C=O) groups is 1. The zero-order valence-electron chi connectivity index (χ0n) is 14.5. The molecular formula is C18H29Cl2N3O2. The van der Waals surface area contributed by atoms with Crippen molar-refractivity contribution in [3.05, 3.63) is 35.4 Å². The first-order valence-corrected chi connectivity index (χ1v) is 8.71. The summed E-state index contributed by atoms with van der Waals surface area (Å²) in [5.41, 5.74) is 2.51. The van der Waals surface area contributed by atoms with Gasteiger partial charge in [0.2, 0.25) is 5.91 Å². The van der Waals surface area contributed by atoms with Crippen LogP contribution in [0.25, 0.3) is 0 Å². The number of nitrogens with zero attached hydrogens (tertiary/aromatic N) is 1. The van der Waals surface area contributed by atoms with Gasteiger partial charge >= 0.3 is 0 Å². The average molecular weight is 390 g/mol. The Morgan fingerprint density at radius 3 is 2.56 bits per heavy atom. The second-order valence-corrected chi connectivity index (χ2v) is 6.38. The Morgan fingerprint density at radius 1 is 1.16 bits per heavy atom. The molecule has 1 amide bonds. The van der Waals surface area contributed by atoms with E-state index in [9.17, 15) is 4.79 Å². The molecular weight excluding hydrogens is 361 g/mol. The Hall–Kier alpha value is -0.850. The average Bonchev–Trinajstić information content (AvgIpc) is 2.62. The Bertz CT molecular complexity index is 519. The molecule has 0 saturated carbocycles. The highest BCUT2D eigenvalue weighted by atomic mass is 35.5. The molecule has 0 bridgehead atoms. The van der Waals surface area contributed by atoms with E-state index < -0.39 is 0 Å². The minimum absolute atomic E-state index is 0. The molecule has 2 aliphatic rings. The first kappa shape index (κ1) is 22.2. The second kappa shape index (κ2) is 11.7. The molecule has 0 aromatic heterocycles. The van der Waals surface area contributed by atoms with Crippen LogP contribution in [0.4, 0.5) is 0 Å². The lowest BCUT2D eigenvalue weighted by Gasteiger charge is -2.27. The molecule has 1 atom stereocenters. The maximum atomic E-state index is 12.3. The number of benzene rings is 1. The molecule has 0 unspecified atom stereocenters. The minimum Gasteiger partial charge on any atom is -0.379 e. The van der Waals surface area contributed by atoms with Crippen LogP contribution in [0.2, 0.25) is 0 Å². The van der Waals surface area contributed by atoms with Gasteiger partial charge in [0.25, 0.3) is 0 Å². The van der Waals surface area contributed by atoms with Gasteiger partial charge in [0.05, 0.1) is 19.3 Å². The minimum atomic E-state index is -0.0184. The molecule has 2 N–H and O–H groups in total. The summed E-state index contributed by atoms with van der Waals surface area (Å²) in [6.45, 7) is 6.07. The molecule has 5 nitrogen and oxygen atoms in total. The monoisotopic (exact) mass is 389 g/mol. The van der Waals surface area contributed by atoms with Gasteiger partial charge in [0, 0.05) is 26.2 Å². The lowest BCUT2D eigenvalue weighted by Crippen LogP contribution is -2.46. The summed E-state index contributed by atoms with van der Waals surface area (Å²) < 4.78 is 5.41. The highest BCUT2D eigenvalue weighted by molar-refractivity contribution is 5.85. The number of hydrogen-bond acceptors (Lipinski definition) is 4. The molecule has 3 rings (SSSR count). The molecule has 142 valence electrons. The van der Waals surface area contributed by atoms with Crippen LogP contribution in [0.5, 0.6) is 0 Å². The molecule has 1 aromatic carbocycles. The van der Waals surface area contributed by atoms with E-state index in [1.54, 1.807) is 0 Å². The summed E-state index contributed by atoms with van der Waals surface area (Å²) in [4.78, 5) is 14.7. The number of halogens is 2. The van der Waals surface area contributed by atoms with Gasteiger partial charge in [-0.25, -0.2) is 0 Å². The Kier molecular flexibility index (Phi) is 10.4. The fourth-order valence-electron chi connectivity index (χ4n) is 3.27. The zero-order valence-corrected chi connectivity index (χ0v) is 16.2. The van der Waals surface area contributed by atoms with E-state index in [1.807, 2.05) is 6.07 Å². The molecule has 0 radical (unpaired) electrons. The lowest BCUT2D eigenvalue weighted by atomic mass is 10.0. The van der Waals surface area contributed by atoms with Crippen LogP contribution in [0, 0.1) is 0 Å². The number of morpholine rings is 1. The number of rotatable bonds is 5. The topological polar surface area (TPSA) is 53.6 Å². The third-order valence-corrected chi connectivity index (χ3v) is 4.70. The number of amides is 1. The smallest absolute Gasteiger partial charge is 0.237 e. The third kappa shape index (κ3) is 6.76. The van der Waals surface area contributed by atoms with E-state index in [-0.39, 0.29) is 36.8 Å². The van der Waals surface area contributed by atoms with E-state index in [0.29, 0.717) is 6.54 Å². The van der Waals surface area contributed by atoms with Crippen molar-refractivity contribution in [3.63, 3.8) is 0 Å². The summed E-state index contributed by atoms with van der Waals surface area (Å²) in [6.07, 6.45) is 3.26. The summed E-state index contributed by atoms with van der Waals surface area (Å²) in [5.74, 6) is 0.130. The summed E-state index contributed by atoms with van der Waals surface area (Å²) >= 11 is 0. The van der Waals surface area contributed by atoms with E-state index in [0.717, 1.165) is 52.2 Å². The predicted molar refractivity (Wildman–Crippen MR) is 105 cm³/mol. The molecule has 2 aliphatic heterocycles. The molecule has 2 saturated heterocycles. The highest BCUT2D eigenvalue weighted by Gasteiger charge is 2.20. The first-order valence-electron chi connectivity index (χ1n) is 8.71. The summed E-state index contributed by atoms with van der Waals surface area (Å²) in [7, 11) is 0. The van der Waals surface area contributed by atoms with E-state index in [4.69, 9.17) is 4.74 Å². The Balaban J connectivity index is 0.00000156. The SMILES string of the molecule is Cl.Cl.O=C(NCc1ccccc1CN1CCOCC1)[C@@H]1CCCCN1. The fraction of sp³-hybridized carbons (Fsp3) is 0.611. The van der Waals surface area contributed by atoms with Crippen LogP contribution in [-0.2, 0) is 22.6 Å². The van der Waals surface area contributed by atoms with Crippen LogP contribution in [0.15, 0.2) is 24.3 Å². The first-order chi connectivity index (χ1) is 11.3. The van der Waals surface area contributed by atoms with Gasteiger partial charge in [-0.1, -0.05) is 30.7 Å². The molecule has 0 spiro atoms. The fourth-order valence-corrected chi connectivity index (χ4v) is 3.27. The number of carbonyl (C=O) groups excluding carboxylic acids is 1. The largest absolute Gasteiger partial charge is 0.379 e. The van der Waals surface area contributed by atoms with Crippen molar-refractivity contribution < 1.29 is 9.53 Å². The van der Waals surface area contributed by atoms with Crippen molar-refractivity contribution in [2.75, 3.05) is 32.8 Å². The van der Waals surface area contributed by atoms with E-state index in [2.05, 4.69) is 33.7 Å². The summed E-state index contributed by atoms with van der Waals surface area (Å²) in [6, 6.07) is 8.38. The maximum Gasteiger partial charge on any atom is 0.237 e. The van der Waals surface area contributed by atoms with Crippen molar-refractivity contribution in [1.29, 1.82) is 0 Å². The standard InChI is InChI=1S/C18H27N3O2.2ClH/c22-18(17-7-3-4-8-19-17)20-13-15-5-1-2-6-16(15)14-21-9-11-23-12-10-21;;/h1-2,5-6,17,19H,3-4,7-14H2,(H,20,22);2*1H/t17-;;/m0../s1. The van der Waals surface area contributed by atoms with Crippen LogP contribution in [0.3, 0.4) is 0 Å². The van der Waals surface area contributed by atoms with Crippen LogP contribution in [0.1, 0.15) is 30.4 Å². The van der Waals surface area contributed by atoms with E-state index >= 15 is 0 Å². The third-order valence-electron chi connectivity index (χ3n) is 4.70. The zero-order chi connectivity index (χ0) is 15.9. The molecule has 2 fully saturated rings. The number of ether oxygens (including phenoxy) is 1. The number of hydrogen-bond donors (Lipinski definition) is 2. The van der Waals surface area contributed by atoms with Gasteiger partial charge in [-0.15, -0.1) is 24.8 Å². The quantitative estimate of drug-likeness (QED) is 0.809. The lowest BCUT2D eigenvalue weighted by molar-refractivity contribution is -0.123. The summed E-state index contributed by atoms with van der Waals surface area (Å²) in [5, 5.41) is 6.40. The predicted octanol–water partition coefficient (Wildman–Crippen LogP) is 2.12. The molecule has 25 heavy (non-hydrogen) atoms. The normalized spacial score (nSPS) is 20.9. The maximum absolute atomic E-state index is 12.3. The van der Waals surface area contributed by atoms with Crippen molar-refractivity contribution in [2.24, 2.45) is 0 Å². The van der Waals surface area contributed by atoms with Crippen molar-refractivity contribution >= 4 is 30.7 Å². The van der Waals surface area contributed by atoms with Crippen molar-refractivity contribution in [1.82, 2.24) is 15.5 Å². The van der Waals surface area contributed by atoms with Gasteiger partial charge in [0.15, 0.2) is 0 Å². The van der Waals surface area contributed by atoms with Gasteiger partial charge < -0.3 is 15.4 Å². The molecule has 0 aliphatic carbocycles. The molecule has 1 aromatic rings. The van der Waals surface area contributed by atoms with Gasteiger partial charge in [-0.05, 0) is 30.5 Å². The Labute approximate surface area is 162 Å². The highest BCUT2D eigenvalue weighted by Crippen LogP contribution is 2.13. The Morgan fingerprint density at radius 2 is 1.88 bits per heavy atom. The number of piperidine rings is 1. The second-order valence-electron chi connectivity index (χ2n) is 6.38. The van der Waals surface area contributed by atoms with Gasteiger partial charge in [-0.2, -0.15) is 0 Å². The van der Waals surface area contributed by atoms with Crippen molar-refractivity contribution in [3.8, 4) is 0 Å². The van der Waals surface area contributed by atoms with E-state index in [1.165, 1.54) is 17.5 Å². The van der Waals surface area contributed by atoms with Gasteiger partial charge in [-0.3, -0.25) is 9.69 Å². The van der Waals surface area contributed by atoms with Gasteiger partial charge in [0.1, 0.15) is 0 Å². The van der Waals surface area contributed by atoms with Crippen LogP contribution in [-0.4, -0.2) is 49.7 Å². The number of nitrogens with one attached hydrogen (secondary N) is 2. The van der Waals surface area contributed by atoms with Crippen LogP contribution < -0.4 is 10.6 Å². The van der Waals surface area contributed by atoms with Crippen molar-refractivity contribution in [2.45, 2.75) is 38.4 Å².